The Kier molecular flexibility index (Phi) is 6.20. The molecule has 0 N–H and O–H groups in total. The molecule has 0 saturated carbocycles. The minimum atomic E-state index is -1.97. The average Bonchev–Trinajstić information content (AvgIpc) is 2.40. The van der Waals surface area contributed by atoms with Crippen LogP contribution in [0.1, 0.15) is 17.9 Å². The van der Waals surface area contributed by atoms with Crippen molar-refractivity contribution in [3.05, 3.63) is 35.9 Å². The van der Waals surface area contributed by atoms with Gasteiger partial charge in [0.25, 0.3) is 0 Å². The SMILES string of the molecule is CO[Si](C)(CCC(CCl)c1ccccc1)OC. The Bertz CT molecular complexity index is 314. The maximum absolute atomic E-state index is 6.05. The van der Waals surface area contributed by atoms with Crippen molar-refractivity contribution in [3.8, 4) is 0 Å². The predicted octanol–water partition coefficient (Wildman–Crippen LogP) is 3.76. The number of rotatable bonds is 7. The van der Waals surface area contributed by atoms with Crippen molar-refractivity contribution in [1.82, 2.24) is 0 Å². The smallest absolute Gasteiger partial charge is 0.334 e. The van der Waals surface area contributed by atoms with E-state index in [0.717, 1.165) is 12.5 Å². The van der Waals surface area contributed by atoms with Gasteiger partial charge in [0.05, 0.1) is 0 Å². The Hall–Kier alpha value is -0.353. The van der Waals surface area contributed by atoms with Gasteiger partial charge >= 0.3 is 8.56 Å². The Morgan fingerprint density at radius 1 is 1.18 bits per heavy atom. The van der Waals surface area contributed by atoms with Crippen molar-refractivity contribution in [2.24, 2.45) is 0 Å². The molecule has 0 fully saturated rings. The number of alkyl halides is 1. The third-order valence-corrected chi connectivity index (χ3v) is 6.56. The molecular formula is C13H21ClO2Si. The first-order valence-electron chi connectivity index (χ1n) is 5.86. The maximum atomic E-state index is 6.05. The quantitative estimate of drug-likeness (QED) is 0.556. The van der Waals surface area contributed by atoms with Gasteiger partial charge < -0.3 is 8.85 Å². The van der Waals surface area contributed by atoms with Gasteiger partial charge in [-0.25, -0.2) is 0 Å². The summed E-state index contributed by atoms with van der Waals surface area (Å²) in [6.45, 7) is 2.09. The van der Waals surface area contributed by atoms with Crippen molar-refractivity contribution in [3.63, 3.8) is 0 Å². The molecule has 1 aromatic rings. The zero-order valence-electron chi connectivity index (χ0n) is 10.8. The molecule has 0 saturated heterocycles. The second kappa shape index (κ2) is 7.16. The zero-order valence-corrected chi connectivity index (χ0v) is 12.5. The second-order valence-electron chi connectivity index (χ2n) is 4.34. The number of halogens is 1. The molecule has 0 radical (unpaired) electrons. The Labute approximate surface area is 110 Å². The summed E-state index contributed by atoms with van der Waals surface area (Å²) in [5, 5.41) is 0. The molecule has 1 atom stereocenters. The molecule has 0 spiro atoms. The van der Waals surface area contributed by atoms with Crippen molar-refractivity contribution in [2.75, 3.05) is 20.1 Å². The third-order valence-electron chi connectivity index (χ3n) is 3.27. The van der Waals surface area contributed by atoms with Gasteiger partial charge in [-0.05, 0) is 30.5 Å². The molecule has 0 aliphatic rings. The van der Waals surface area contributed by atoms with E-state index in [4.69, 9.17) is 20.5 Å². The van der Waals surface area contributed by atoms with Crippen LogP contribution >= 0.6 is 11.6 Å². The first kappa shape index (κ1) is 14.7. The van der Waals surface area contributed by atoms with Crippen LogP contribution in [-0.2, 0) is 8.85 Å². The molecule has 0 heterocycles. The van der Waals surface area contributed by atoms with E-state index >= 15 is 0 Å². The van der Waals surface area contributed by atoms with E-state index in [-0.39, 0.29) is 0 Å². The third kappa shape index (κ3) is 4.43. The maximum Gasteiger partial charge on any atom is 0.334 e. The van der Waals surface area contributed by atoms with Crippen molar-refractivity contribution >= 4 is 20.2 Å². The average molecular weight is 273 g/mol. The first-order chi connectivity index (χ1) is 8.15. The molecule has 17 heavy (non-hydrogen) atoms. The van der Waals surface area contributed by atoms with Gasteiger partial charge in [-0.15, -0.1) is 11.6 Å². The summed E-state index contributed by atoms with van der Waals surface area (Å²) in [6, 6.07) is 11.4. The zero-order chi connectivity index (χ0) is 12.7. The fraction of sp³-hybridized carbons (Fsp3) is 0.538. The van der Waals surface area contributed by atoms with E-state index in [0.29, 0.717) is 11.8 Å². The van der Waals surface area contributed by atoms with Crippen LogP contribution in [0.5, 0.6) is 0 Å². The van der Waals surface area contributed by atoms with Gasteiger partial charge in [-0.1, -0.05) is 30.3 Å². The van der Waals surface area contributed by atoms with E-state index in [2.05, 4.69) is 30.8 Å². The largest absolute Gasteiger partial charge is 0.398 e. The Morgan fingerprint density at radius 3 is 2.24 bits per heavy atom. The lowest BCUT2D eigenvalue weighted by atomic mass is 9.99. The summed E-state index contributed by atoms with van der Waals surface area (Å²) in [7, 11) is 1.49. The summed E-state index contributed by atoms with van der Waals surface area (Å²) in [5.41, 5.74) is 1.30. The highest BCUT2D eigenvalue weighted by atomic mass is 35.5. The topological polar surface area (TPSA) is 18.5 Å². The fourth-order valence-electron chi connectivity index (χ4n) is 1.78. The monoisotopic (exact) mass is 272 g/mol. The summed E-state index contributed by atoms with van der Waals surface area (Å²) >= 11 is 6.05. The molecule has 96 valence electrons. The van der Waals surface area contributed by atoms with Gasteiger partial charge in [0.15, 0.2) is 0 Å². The molecule has 0 aliphatic carbocycles. The number of hydrogen-bond donors (Lipinski definition) is 0. The summed E-state index contributed by atoms with van der Waals surface area (Å²) in [4.78, 5) is 0. The van der Waals surface area contributed by atoms with Crippen LogP contribution in [0.15, 0.2) is 30.3 Å². The number of hydrogen-bond acceptors (Lipinski definition) is 2. The summed E-state index contributed by atoms with van der Waals surface area (Å²) in [6.07, 6.45) is 1.01. The lowest BCUT2D eigenvalue weighted by Crippen LogP contribution is -2.36. The van der Waals surface area contributed by atoms with E-state index < -0.39 is 8.56 Å². The fourth-order valence-corrected chi connectivity index (χ4v) is 3.56. The van der Waals surface area contributed by atoms with E-state index in [1.807, 2.05) is 6.07 Å². The normalized spacial score (nSPS) is 13.6. The highest BCUT2D eigenvalue weighted by molar-refractivity contribution is 6.65. The lowest BCUT2D eigenvalue weighted by Gasteiger charge is -2.25. The Balaban J connectivity index is 2.60. The molecule has 1 aromatic carbocycles. The van der Waals surface area contributed by atoms with Gasteiger partial charge in [0, 0.05) is 20.1 Å². The standard InChI is InChI=1S/C13H21ClO2Si/c1-15-17(3,16-2)10-9-13(11-14)12-7-5-4-6-8-12/h4-8,13H,9-11H2,1-3H3. The molecule has 0 aliphatic heterocycles. The van der Waals surface area contributed by atoms with Gasteiger partial charge in [-0.2, -0.15) is 0 Å². The minimum absolute atomic E-state index is 0.384. The van der Waals surface area contributed by atoms with Crippen LogP contribution in [0.2, 0.25) is 12.6 Å². The molecular weight excluding hydrogens is 252 g/mol. The van der Waals surface area contributed by atoms with Gasteiger partial charge in [-0.3, -0.25) is 0 Å². The van der Waals surface area contributed by atoms with Gasteiger partial charge in [0.2, 0.25) is 0 Å². The van der Waals surface area contributed by atoms with E-state index in [9.17, 15) is 0 Å². The molecule has 1 unspecified atom stereocenters. The molecule has 0 aromatic heterocycles. The number of benzene rings is 1. The van der Waals surface area contributed by atoms with E-state index in [1.165, 1.54) is 5.56 Å². The highest BCUT2D eigenvalue weighted by Crippen LogP contribution is 2.26. The molecule has 4 heteroatoms. The Morgan fingerprint density at radius 2 is 1.76 bits per heavy atom. The minimum Gasteiger partial charge on any atom is -0.398 e. The van der Waals surface area contributed by atoms with Crippen LogP contribution in [0, 0.1) is 0 Å². The molecule has 0 amide bonds. The second-order valence-corrected chi connectivity index (χ2v) is 8.24. The van der Waals surface area contributed by atoms with Gasteiger partial charge in [0.1, 0.15) is 0 Å². The van der Waals surface area contributed by atoms with Crippen LogP contribution in [-0.4, -0.2) is 28.7 Å². The molecule has 1 rings (SSSR count). The summed E-state index contributed by atoms with van der Waals surface area (Å²) in [5.74, 6) is 1.03. The van der Waals surface area contributed by atoms with Crippen LogP contribution in [0.4, 0.5) is 0 Å². The lowest BCUT2D eigenvalue weighted by molar-refractivity contribution is 0.247. The van der Waals surface area contributed by atoms with Crippen LogP contribution in [0.3, 0.4) is 0 Å². The molecule has 0 bridgehead atoms. The van der Waals surface area contributed by atoms with Crippen molar-refractivity contribution in [1.29, 1.82) is 0 Å². The highest BCUT2D eigenvalue weighted by Gasteiger charge is 2.29. The van der Waals surface area contributed by atoms with Crippen LogP contribution in [0.25, 0.3) is 0 Å². The summed E-state index contributed by atoms with van der Waals surface area (Å²) < 4.78 is 11.0. The van der Waals surface area contributed by atoms with Crippen molar-refractivity contribution in [2.45, 2.75) is 24.9 Å². The first-order valence-corrected chi connectivity index (χ1v) is 8.92. The van der Waals surface area contributed by atoms with Crippen molar-refractivity contribution < 1.29 is 8.85 Å². The predicted molar refractivity (Wildman–Crippen MR) is 75.0 cm³/mol. The van der Waals surface area contributed by atoms with E-state index in [1.54, 1.807) is 14.2 Å². The molecule has 2 nitrogen and oxygen atoms in total. The van der Waals surface area contributed by atoms with Crippen LogP contribution < -0.4 is 0 Å².